The van der Waals surface area contributed by atoms with Gasteiger partial charge >= 0.3 is 0 Å². The summed E-state index contributed by atoms with van der Waals surface area (Å²) in [6.45, 7) is 3.59. The Balaban J connectivity index is 2.47. The zero-order valence-corrected chi connectivity index (χ0v) is 10.1. The molecule has 0 radical (unpaired) electrons. The molecule has 0 unspecified atom stereocenters. The highest BCUT2D eigenvalue weighted by atomic mass is 35.5. The lowest BCUT2D eigenvalue weighted by atomic mass is 10.2. The van der Waals surface area contributed by atoms with Crippen molar-refractivity contribution in [3.05, 3.63) is 21.3 Å². The van der Waals surface area contributed by atoms with Gasteiger partial charge in [-0.2, -0.15) is 0 Å². The first-order chi connectivity index (χ1) is 7.00. The second-order valence-corrected chi connectivity index (χ2v) is 5.11. The average Bonchev–Trinajstić information content (AvgIpc) is 2.60. The van der Waals surface area contributed by atoms with Crippen molar-refractivity contribution in [2.45, 2.75) is 13.8 Å². The molecule has 0 aromatic carbocycles. The highest BCUT2D eigenvalue weighted by Crippen LogP contribution is 2.21. The topological polar surface area (TPSA) is 46.2 Å². The summed E-state index contributed by atoms with van der Waals surface area (Å²) < 4.78 is 0.577. The molecule has 0 aliphatic carbocycles. The first kappa shape index (κ1) is 12.2. The van der Waals surface area contributed by atoms with Gasteiger partial charge in [0.2, 0.25) is 5.91 Å². The van der Waals surface area contributed by atoms with Crippen molar-refractivity contribution in [1.82, 2.24) is 5.32 Å². The van der Waals surface area contributed by atoms with Crippen LogP contribution in [-0.4, -0.2) is 18.2 Å². The molecule has 0 bridgehead atoms. The second-order valence-electron chi connectivity index (χ2n) is 3.40. The fourth-order valence-corrected chi connectivity index (χ4v) is 1.90. The van der Waals surface area contributed by atoms with Crippen molar-refractivity contribution in [1.29, 1.82) is 0 Å². The van der Waals surface area contributed by atoms with Gasteiger partial charge in [-0.05, 0) is 12.1 Å². The zero-order chi connectivity index (χ0) is 11.4. The van der Waals surface area contributed by atoms with Crippen molar-refractivity contribution >= 4 is 34.6 Å². The fraction of sp³-hybridized carbons (Fsp3) is 0.400. The maximum Gasteiger partial charge on any atom is 0.222 e. The summed E-state index contributed by atoms with van der Waals surface area (Å²) in [6.07, 6.45) is 0. The first-order valence-electron chi connectivity index (χ1n) is 4.57. The summed E-state index contributed by atoms with van der Waals surface area (Å²) in [4.78, 5) is 23.3. The SMILES string of the molecule is CC(C)C(=O)NCC(=O)c1ccc(Cl)s1. The lowest BCUT2D eigenvalue weighted by molar-refractivity contribution is -0.123. The highest BCUT2D eigenvalue weighted by molar-refractivity contribution is 7.18. The molecule has 82 valence electrons. The van der Waals surface area contributed by atoms with Gasteiger partial charge in [0.1, 0.15) is 0 Å². The van der Waals surface area contributed by atoms with E-state index in [1.54, 1.807) is 26.0 Å². The molecular formula is C10H12ClNO2S. The molecule has 1 amide bonds. The molecule has 1 N–H and O–H groups in total. The van der Waals surface area contributed by atoms with E-state index in [0.717, 1.165) is 0 Å². The van der Waals surface area contributed by atoms with Crippen molar-refractivity contribution in [2.75, 3.05) is 6.54 Å². The molecule has 0 spiro atoms. The molecule has 3 nitrogen and oxygen atoms in total. The summed E-state index contributed by atoms with van der Waals surface area (Å²) in [7, 11) is 0. The Morgan fingerprint density at radius 3 is 2.60 bits per heavy atom. The quantitative estimate of drug-likeness (QED) is 0.828. The summed E-state index contributed by atoms with van der Waals surface area (Å²) in [5.41, 5.74) is 0. The fourth-order valence-electron chi connectivity index (χ4n) is 0.923. The molecule has 0 atom stereocenters. The molecule has 1 aromatic rings. The van der Waals surface area contributed by atoms with Crippen LogP contribution in [0.1, 0.15) is 23.5 Å². The second kappa shape index (κ2) is 5.28. The van der Waals surface area contributed by atoms with E-state index < -0.39 is 0 Å². The van der Waals surface area contributed by atoms with Gasteiger partial charge in [-0.1, -0.05) is 25.4 Å². The predicted molar refractivity (Wildman–Crippen MR) is 61.5 cm³/mol. The standard InChI is InChI=1S/C10H12ClNO2S/c1-6(2)10(14)12-5-7(13)8-3-4-9(11)15-8/h3-4,6H,5H2,1-2H3,(H,12,14). The van der Waals surface area contributed by atoms with Gasteiger partial charge in [-0.25, -0.2) is 0 Å². The van der Waals surface area contributed by atoms with Crippen LogP contribution in [0.4, 0.5) is 0 Å². The number of rotatable bonds is 4. The number of hydrogen-bond donors (Lipinski definition) is 1. The molecule has 0 saturated carbocycles. The van der Waals surface area contributed by atoms with E-state index in [1.807, 2.05) is 0 Å². The third-order valence-corrected chi connectivity index (χ3v) is 3.07. The number of thiophene rings is 1. The van der Waals surface area contributed by atoms with Crippen LogP contribution in [0.25, 0.3) is 0 Å². The smallest absolute Gasteiger partial charge is 0.222 e. The van der Waals surface area contributed by atoms with Crippen molar-refractivity contribution < 1.29 is 9.59 Å². The van der Waals surface area contributed by atoms with Crippen LogP contribution in [0.5, 0.6) is 0 Å². The Bertz CT molecular complexity index is 373. The van der Waals surface area contributed by atoms with E-state index in [9.17, 15) is 9.59 Å². The largest absolute Gasteiger partial charge is 0.348 e. The first-order valence-corrected chi connectivity index (χ1v) is 5.76. The normalized spacial score (nSPS) is 10.4. The van der Waals surface area contributed by atoms with Crippen LogP contribution < -0.4 is 5.32 Å². The number of Topliss-reactive ketones (excluding diaryl/α,β-unsaturated/α-hetero) is 1. The number of halogens is 1. The number of amides is 1. The summed E-state index contributed by atoms with van der Waals surface area (Å²) in [5.74, 6) is -0.336. The van der Waals surface area contributed by atoms with Gasteiger partial charge in [0.05, 0.1) is 15.8 Å². The minimum absolute atomic E-state index is 0.0356. The Labute approximate surface area is 97.4 Å². The van der Waals surface area contributed by atoms with Crippen LogP contribution in [0.15, 0.2) is 12.1 Å². The van der Waals surface area contributed by atoms with E-state index >= 15 is 0 Å². The molecule has 0 fully saturated rings. The van der Waals surface area contributed by atoms with Crippen molar-refractivity contribution in [3.8, 4) is 0 Å². The lowest BCUT2D eigenvalue weighted by Gasteiger charge is -2.05. The van der Waals surface area contributed by atoms with Gasteiger partial charge in [0, 0.05) is 5.92 Å². The third kappa shape index (κ3) is 3.64. The number of carbonyl (C=O) groups excluding carboxylic acids is 2. The highest BCUT2D eigenvalue weighted by Gasteiger charge is 2.11. The van der Waals surface area contributed by atoms with Crippen LogP contribution in [0.3, 0.4) is 0 Å². The van der Waals surface area contributed by atoms with Gasteiger partial charge in [-0.15, -0.1) is 11.3 Å². The Hall–Kier alpha value is -0.870. The van der Waals surface area contributed by atoms with Crippen molar-refractivity contribution in [3.63, 3.8) is 0 Å². The predicted octanol–water partition coefficient (Wildman–Crippen LogP) is 2.36. The molecule has 0 aliphatic rings. The Kier molecular flexibility index (Phi) is 4.29. The minimum atomic E-state index is -0.119. The van der Waals surface area contributed by atoms with E-state index in [4.69, 9.17) is 11.6 Å². The monoisotopic (exact) mass is 245 g/mol. The van der Waals surface area contributed by atoms with Crippen LogP contribution >= 0.6 is 22.9 Å². The maximum absolute atomic E-state index is 11.5. The summed E-state index contributed by atoms with van der Waals surface area (Å²) in [6, 6.07) is 3.33. The van der Waals surface area contributed by atoms with Crippen molar-refractivity contribution in [2.24, 2.45) is 5.92 Å². The van der Waals surface area contributed by atoms with Gasteiger partial charge in [0.25, 0.3) is 0 Å². The molecule has 0 aliphatic heterocycles. The number of hydrogen-bond acceptors (Lipinski definition) is 3. The van der Waals surface area contributed by atoms with E-state index in [-0.39, 0.29) is 24.2 Å². The third-order valence-electron chi connectivity index (χ3n) is 1.80. The maximum atomic E-state index is 11.5. The average molecular weight is 246 g/mol. The Morgan fingerprint density at radius 1 is 1.47 bits per heavy atom. The van der Waals surface area contributed by atoms with E-state index in [2.05, 4.69) is 5.32 Å². The van der Waals surface area contributed by atoms with Crippen LogP contribution in [0.2, 0.25) is 4.34 Å². The summed E-state index contributed by atoms with van der Waals surface area (Å²) in [5, 5.41) is 2.56. The Morgan fingerprint density at radius 2 is 2.13 bits per heavy atom. The van der Waals surface area contributed by atoms with Gasteiger partial charge in [-0.3, -0.25) is 9.59 Å². The zero-order valence-electron chi connectivity index (χ0n) is 8.54. The number of carbonyl (C=O) groups is 2. The van der Waals surface area contributed by atoms with Gasteiger partial charge < -0.3 is 5.32 Å². The molecular weight excluding hydrogens is 234 g/mol. The minimum Gasteiger partial charge on any atom is -0.348 e. The lowest BCUT2D eigenvalue weighted by Crippen LogP contribution is -2.32. The molecule has 1 heterocycles. The molecule has 5 heteroatoms. The van der Waals surface area contributed by atoms with Crippen LogP contribution in [-0.2, 0) is 4.79 Å². The molecule has 15 heavy (non-hydrogen) atoms. The number of ketones is 1. The molecule has 0 saturated heterocycles. The summed E-state index contributed by atoms with van der Waals surface area (Å²) >= 11 is 6.92. The molecule has 1 aromatic heterocycles. The van der Waals surface area contributed by atoms with E-state index in [0.29, 0.717) is 9.21 Å². The van der Waals surface area contributed by atoms with Crippen LogP contribution in [0, 0.1) is 5.92 Å². The molecule has 1 rings (SSSR count). The number of nitrogens with one attached hydrogen (secondary N) is 1. The van der Waals surface area contributed by atoms with E-state index in [1.165, 1.54) is 11.3 Å². The van der Waals surface area contributed by atoms with Gasteiger partial charge in [0.15, 0.2) is 5.78 Å².